The molecule has 0 aromatic heterocycles. The van der Waals surface area contributed by atoms with Crippen molar-refractivity contribution in [3.63, 3.8) is 0 Å². The quantitative estimate of drug-likeness (QED) is 0.758. The van der Waals surface area contributed by atoms with E-state index in [1.165, 1.54) is 0 Å². The highest BCUT2D eigenvalue weighted by molar-refractivity contribution is 5.74. The van der Waals surface area contributed by atoms with Crippen molar-refractivity contribution >= 4 is 6.29 Å². The lowest BCUT2D eigenvalue weighted by Crippen LogP contribution is -2.33. The zero-order valence-electron chi connectivity index (χ0n) is 9.23. The highest BCUT2D eigenvalue weighted by atomic mass is 16.3. The maximum atomic E-state index is 10.7. The molecular weight excluding hydrogens is 202 g/mol. The molecule has 1 heterocycles. The van der Waals surface area contributed by atoms with Crippen molar-refractivity contribution in [1.29, 1.82) is 0 Å². The van der Waals surface area contributed by atoms with E-state index in [9.17, 15) is 9.90 Å². The topological polar surface area (TPSA) is 49.3 Å². The van der Waals surface area contributed by atoms with Gasteiger partial charge < -0.3 is 10.4 Å². The fraction of sp³-hybridized carbons (Fsp3) is 0.462. The summed E-state index contributed by atoms with van der Waals surface area (Å²) in [7, 11) is 0. The number of hydrogen-bond acceptors (Lipinski definition) is 3. The second-order valence-electron chi connectivity index (χ2n) is 4.34. The van der Waals surface area contributed by atoms with Crippen molar-refractivity contribution in [3.8, 4) is 0 Å². The van der Waals surface area contributed by atoms with E-state index in [1.54, 1.807) is 12.1 Å². The van der Waals surface area contributed by atoms with Gasteiger partial charge in [0, 0.05) is 18.0 Å². The Morgan fingerprint density at radius 3 is 3.06 bits per heavy atom. The number of aliphatic hydroxyl groups excluding tert-OH is 1. The fourth-order valence-corrected chi connectivity index (χ4v) is 2.24. The van der Waals surface area contributed by atoms with Gasteiger partial charge in [-0.1, -0.05) is 18.2 Å². The van der Waals surface area contributed by atoms with Gasteiger partial charge in [0.05, 0.1) is 6.10 Å². The van der Waals surface area contributed by atoms with Crippen LogP contribution in [0.3, 0.4) is 0 Å². The molecule has 86 valence electrons. The van der Waals surface area contributed by atoms with Gasteiger partial charge >= 0.3 is 0 Å². The average Bonchev–Trinajstić information content (AvgIpc) is 2.39. The van der Waals surface area contributed by atoms with E-state index < -0.39 is 6.10 Å². The van der Waals surface area contributed by atoms with Gasteiger partial charge in [-0.3, -0.25) is 4.79 Å². The molecule has 0 radical (unpaired) electrons. The van der Waals surface area contributed by atoms with Crippen LogP contribution in [0.15, 0.2) is 24.3 Å². The van der Waals surface area contributed by atoms with Crippen molar-refractivity contribution in [2.24, 2.45) is 5.92 Å². The molecule has 1 aliphatic rings. The number of aliphatic hydroxyl groups is 1. The molecule has 16 heavy (non-hydrogen) atoms. The van der Waals surface area contributed by atoms with E-state index in [0.29, 0.717) is 5.56 Å². The van der Waals surface area contributed by atoms with Gasteiger partial charge in [0.2, 0.25) is 0 Å². The summed E-state index contributed by atoms with van der Waals surface area (Å²) in [6.07, 6.45) is 2.50. The van der Waals surface area contributed by atoms with Gasteiger partial charge in [-0.2, -0.15) is 0 Å². The van der Waals surface area contributed by atoms with Crippen molar-refractivity contribution in [1.82, 2.24) is 5.32 Å². The molecule has 2 unspecified atom stereocenters. The number of aldehydes is 1. The Bertz CT molecular complexity index is 359. The lowest BCUT2D eigenvalue weighted by molar-refractivity contribution is 0.0920. The van der Waals surface area contributed by atoms with Crippen LogP contribution in [-0.2, 0) is 0 Å². The van der Waals surface area contributed by atoms with Crippen molar-refractivity contribution in [3.05, 3.63) is 35.4 Å². The third kappa shape index (κ3) is 2.49. The summed E-state index contributed by atoms with van der Waals surface area (Å²) in [5, 5.41) is 13.5. The van der Waals surface area contributed by atoms with Crippen molar-refractivity contribution in [2.75, 3.05) is 13.1 Å². The van der Waals surface area contributed by atoms with E-state index in [-0.39, 0.29) is 5.92 Å². The molecule has 0 amide bonds. The summed E-state index contributed by atoms with van der Waals surface area (Å²) < 4.78 is 0. The second kappa shape index (κ2) is 5.23. The van der Waals surface area contributed by atoms with Crippen LogP contribution in [-0.4, -0.2) is 24.5 Å². The third-order valence-electron chi connectivity index (χ3n) is 3.17. The molecule has 1 fully saturated rings. The predicted octanol–water partition coefficient (Wildman–Crippen LogP) is 1.53. The summed E-state index contributed by atoms with van der Waals surface area (Å²) in [4.78, 5) is 10.7. The number of carbonyl (C=O) groups excluding carboxylic acids is 1. The highest BCUT2D eigenvalue weighted by Crippen LogP contribution is 2.27. The Balaban J connectivity index is 2.12. The number of nitrogens with one attached hydrogen (secondary N) is 1. The molecule has 1 aromatic rings. The van der Waals surface area contributed by atoms with Gasteiger partial charge in [0.25, 0.3) is 0 Å². The van der Waals surface area contributed by atoms with Crippen LogP contribution in [0.5, 0.6) is 0 Å². The number of hydrogen-bond donors (Lipinski definition) is 2. The number of piperidine rings is 1. The van der Waals surface area contributed by atoms with E-state index in [0.717, 1.165) is 37.8 Å². The zero-order chi connectivity index (χ0) is 11.4. The standard InChI is InChI=1S/C13H17NO2/c15-9-10-3-1-4-11(7-10)13(16)12-5-2-6-14-8-12/h1,3-4,7,9,12-14,16H,2,5-6,8H2. The number of carbonyl (C=O) groups is 1. The Hall–Kier alpha value is -1.19. The second-order valence-corrected chi connectivity index (χ2v) is 4.34. The summed E-state index contributed by atoms with van der Waals surface area (Å²) >= 11 is 0. The minimum Gasteiger partial charge on any atom is -0.388 e. The first kappa shape index (κ1) is 11.3. The maximum absolute atomic E-state index is 10.7. The van der Waals surface area contributed by atoms with Gasteiger partial charge in [0.1, 0.15) is 6.29 Å². The molecule has 0 aliphatic carbocycles. The van der Waals surface area contributed by atoms with Crippen LogP contribution >= 0.6 is 0 Å². The first-order valence-electron chi connectivity index (χ1n) is 5.75. The van der Waals surface area contributed by atoms with Crippen LogP contribution in [0.4, 0.5) is 0 Å². The molecule has 1 aliphatic heterocycles. The minimum absolute atomic E-state index is 0.260. The first-order chi connectivity index (χ1) is 7.81. The number of benzene rings is 1. The lowest BCUT2D eigenvalue weighted by atomic mass is 9.89. The van der Waals surface area contributed by atoms with E-state index in [4.69, 9.17) is 0 Å². The lowest BCUT2D eigenvalue weighted by Gasteiger charge is -2.27. The summed E-state index contributed by atoms with van der Waals surface area (Å²) in [5.41, 5.74) is 1.47. The van der Waals surface area contributed by atoms with Crippen LogP contribution in [0.2, 0.25) is 0 Å². The SMILES string of the molecule is O=Cc1cccc(C(O)C2CCCNC2)c1. The van der Waals surface area contributed by atoms with Crippen LogP contribution < -0.4 is 5.32 Å². The monoisotopic (exact) mass is 219 g/mol. The molecular formula is C13H17NO2. The van der Waals surface area contributed by atoms with Crippen LogP contribution in [0, 0.1) is 5.92 Å². The molecule has 3 nitrogen and oxygen atoms in total. The molecule has 0 spiro atoms. The summed E-state index contributed by atoms with van der Waals surface area (Å²) in [5.74, 6) is 0.260. The van der Waals surface area contributed by atoms with Crippen molar-refractivity contribution in [2.45, 2.75) is 18.9 Å². The average molecular weight is 219 g/mol. The Labute approximate surface area is 95.5 Å². The van der Waals surface area contributed by atoms with Gasteiger partial charge in [-0.25, -0.2) is 0 Å². The molecule has 1 saturated heterocycles. The molecule has 2 atom stereocenters. The molecule has 2 rings (SSSR count). The Morgan fingerprint density at radius 1 is 1.50 bits per heavy atom. The minimum atomic E-state index is -0.465. The van der Waals surface area contributed by atoms with Gasteiger partial charge in [-0.15, -0.1) is 0 Å². The Morgan fingerprint density at radius 2 is 2.38 bits per heavy atom. The van der Waals surface area contributed by atoms with Gasteiger partial charge in [-0.05, 0) is 31.0 Å². The fourth-order valence-electron chi connectivity index (χ4n) is 2.24. The van der Waals surface area contributed by atoms with E-state index in [2.05, 4.69) is 5.32 Å². The smallest absolute Gasteiger partial charge is 0.150 e. The first-order valence-corrected chi connectivity index (χ1v) is 5.75. The van der Waals surface area contributed by atoms with Gasteiger partial charge in [0.15, 0.2) is 0 Å². The highest BCUT2D eigenvalue weighted by Gasteiger charge is 2.22. The summed E-state index contributed by atoms with van der Waals surface area (Å²) in [6, 6.07) is 7.22. The van der Waals surface area contributed by atoms with Crippen molar-refractivity contribution < 1.29 is 9.90 Å². The molecule has 0 bridgehead atoms. The van der Waals surface area contributed by atoms with Crippen LogP contribution in [0.1, 0.15) is 34.9 Å². The van der Waals surface area contributed by atoms with Crippen LogP contribution in [0.25, 0.3) is 0 Å². The predicted molar refractivity (Wildman–Crippen MR) is 62.4 cm³/mol. The molecule has 0 saturated carbocycles. The zero-order valence-corrected chi connectivity index (χ0v) is 9.23. The molecule has 1 aromatic carbocycles. The summed E-state index contributed by atoms with van der Waals surface area (Å²) in [6.45, 7) is 1.89. The maximum Gasteiger partial charge on any atom is 0.150 e. The van der Waals surface area contributed by atoms with E-state index in [1.807, 2.05) is 12.1 Å². The largest absolute Gasteiger partial charge is 0.388 e. The third-order valence-corrected chi connectivity index (χ3v) is 3.17. The number of rotatable bonds is 3. The Kier molecular flexibility index (Phi) is 3.70. The molecule has 3 heteroatoms. The normalized spacial score (nSPS) is 22.7. The molecule has 2 N–H and O–H groups in total. The van der Waals surface area contributed by atoms with E-state index >= 15 is 0 Å².